The van der Waals surface area contributed by atoms with Crippen molar-refractivity contribution in [1.82, 2.24) is 19.9 Å². The van der Waals surface area contributed by atoms with Crippen LogP contribution in [0.15, 0.2) is 30.5 Å². The van der Waals surface area contributed by atoms with Crippen LogP contribution < -0.4 is 0 Å². The number of halogens is 1. The minimum absolute atomic E-state index is 0.181. The van der Waals surface area contributed by atoms with Crippen molar-refractivity contribution < 1.29 is 9.90 Å². The Hall–Kier alpha value is -1.92. The van der Waals surface area contributed by atoms with Crippen LogP contribution in [0.5, 0.6) is 0 Å². The van der Waals surface area contributed by atoms with E-state index in [9.17, 15) is 9.90 Å². The van der Waals surface area contributed by atoms with Crippen molar-refractivity contribution in [2.45, 2.75) is 18.9 Å². The van der Waals surface area contributed by atoms with E-state index in [1.807, 2.05) is 18.2 Å². The number of aliphatic hydroxyl groups is 1. The monoisotopic (exact) mass is 320 g/mol. The van der Waals surface area contributed by atoms with E-state index in [1.54, 1.807) is 24.2 Å². The molecule has 1 aliphatic carbocycles. The number of para-hydroxylation sites is 1. The number of hydrogen-bond donors (Lipinski definition) is 1. The van der Waals surface area contributed by atoms with Gasteiger partial charge in [-0.3, -0.25) is 4.79 Å². The molecule has 0 spiro atoms. The molecule has 0 bridgehead atoms. The van der Waals surface area contributed by atoms with E-state index in [0.717, 1.165) is 12.8 Å². The highest BCUT2D eigenvalue weighted by Crippen LogP contribution is 2.27. The Kier molecular flexibility index (Phi) is 4.13. The van der Waals surface area contributed by atoms with Gasteiger partial charge in [0.2, 0.25) is 0 Å². The molecule has 0 unspecified atom stereocenters. The summed E-state index contributed by atoms with van der Waals surface area (Å²) in [5.74, 6) is 0.183. The van der Waals surface area contributed by atoms with Crippen LogP contribution in [0.4, 0.5) is 0 Å². The number of rotatable bonds is 4. The second-order valence-corrected chi connectivity index (χ2v) is 6.08. The molecular formula is C15H17ClN4O2. The summed E-state index contributed by atoms with van der Waals surface area (Å²) in [6.45, 7) is 0.620. The highest BCUT2D eigenvalue weighted by molar-refractivity contribution is 6.32. The van der Waals surface area contributed by atoms with Gasteiger partial charge in [0.25, 0.3) is 5.91 Å². The molecular weight excluding hydrogens is 304 g/mol. The van der Waals surface area contributed by atoms with Crippen molar-refractivity contribution in [3.63, 3.8) is 0 Å². The first-order chi connectivity index (χ1) is 10.5. The van der Waals surface area contributed by atoms with Gasteiger partial charge in [-0.05, 0) is 30.9 Å². The first-order valence-corrected chi connectivity index (χ1v) is 7.53. The van der Waals surface area contributed by atoms with E-state index in [2.05, 4.69) is 10.3 Å². The summed E-state index contributed by atoms with van der Waals surface area (Å²) in [4.78, 5) is 14.0. The molecule has 1 aliphatic rings. The van der Waals surface area contributed by atoms with Crippen molar-refractivity contribution in [1.29, 1.82) is 0 Å². The fraction of sp³-hybridized carbons (Fsp3) is 0.400. The van der Waals surface area contributed by atoms with Crippen LogP contribution in [0, 0.1) is 5.92 Å². The number of aromatic nitrogens is 3. The third-order valence-corrected chi connectivity index (χ3v) is 4.22. The smallest absolute Gasteiger partial charge is 0.275 e. The summed E-state index contributed by atoms with van der Waals surface area (Å²) in [5, 5.41) is 17.8. The van der Waals surface area contributed by atoms with Gasteiger partial charge in [-0.1, -0.05) is 28.9 Å². The van der Waals surface area contributed by atoms with E-state index in [-0.39, 0.29) is 17.7 Å². The maximum absolute atomic E-state index is 12.3. The summed E-state index contributed by atoms with van der Waals surface area (Å²) in [6, 6.07) is 7.24. The Morgan fingerprint density at radius 3 is 2.86 bits per heavy atom. The van der Waals surface area contributed by atoms with Crippen LogP contribution in [0.25, 0.3) is 5.69 Å². The molecule has 1 N–H and O–H groups in total. The Morgan fingerprint density at radius 1 is 1.45 bits per heavy atom. The number of nitrogens with zero attached hydrogens (tertiary/aromatic N) is 4. The summed E-state index contributed by atoms with van der Waals surface area (Å²) in [5.41, 5.74) is 0.961. The van der Waals surface area contributed by atoms with Gasteiger partial charge in [0.05, 0.1) is 23.0 Å². The third-order valence-electron chi connectivity index (χ3n) is 3.90. The lowest BCUT2D eigenvalue weighted by molar-refractivity contribution is 0.0264. The molecule has 1 saturated carbocycles. The minimum Gasteiger partial charge on any atom is -0.393 e. The number of carbonyl (C=O) groups is 1. The molecule has 22 heavy (non-hydrogen) atoms. The predicted octanol–water partition coefficient (Wildman–Crippen LogP) is 1.76. The average molecular weight is 321 g/mol. The Bertz CT molecular complexity index is 682. The minimum atomic E-state index is -0.213. The van der Waals surface area contributed by atoms with E-state index in [1.165, 1.54) is 4.68 Å². The van der Waals surface area contributed by atoms with Gasteiger partial charge in [-0.2, -0.15) is 0 Å². The molecule has 1 aromatic carbocycles. The van der Waals surface area contributed by atoms with Gasteiger partial charge in [-0.15, -0.1) is 5.10 Å². The van der Waals surface area contributed by atoms with Gasteiger partial charge >= 0.3 is 0 Å². The number of aliphatic hydroxyl groups excluding tert-OH is 1. The molecule has 0 atom stereocenters. The Labute approximate surface area is 133 Å². The SMILES string of the molecule is CN(CC1CC(O)C1)C(=O)c1cn(-c2ccccc2Cl)nn1. The summed E-state index contributed by atoms with van der Waals surface area (Å²) in [6.07, 6.45) is 2.87. The van der Waals surface area contributed by atoms with Crippen LogP contribution in [-0.4, -0.2) is 50.6 Å². The van der Waals surface area contributed by atoms with Gasteiger partial charge in [0, 0.05) is 13.6 Å². The summed E-state index contributed by atoms with van der Waals surface area (Å²) >= 11 is 6.11. The molecule has 116 valence electrons. The van der Waals surface area contributed by atoms with Crippen LogP contribution in [0.3, 0.4) is 0 Å². The normalized spacial score (nSPS) is 20.5. The topological polar surface area (TPSA) is 71.2 Å². The molecule has 2 aromatic rings. The van der Waals surface area contributed by atoms with Crippen molar-refractivity contribution >= 4 is 17.5 Å². The zero-order valence-electron chi connectivity index (χ0n) is 12.2. The fourth-order valence-corrected chi connectivity index (χ4v) is 2.85. The lowest BCUT2D eigenvalue weighted by Gasteiger charge is -2.34. The lowest BCUT2D eigenvalue weighted by Crippen LogP contribution is -2.39. The maximum Gasteiger partial charge on any atom is 0.275 e. The van der Waals surface area contributed by atoms with Crippen LogP contribution in [-0.2, 0) is 0 Å². The van der Waals surface area contributed by atoms with Gasteiger partial charge in [0.15, 0.2) is 5.69 Å². The molecule has 3 rings (SSSR count). The molecule has 1 heterocycles. The highest BCUT2D eigenvalue weighted by atomic mass is 35.5. The molecule has 0 radical (unpaired) electrons. The molecule has 6 nitrogen and oxygen atoms in total. The number of amides is 1. The number of benzene rings is 1. The van der Waals surface area contributed by atoms with Gasteiger partial charge in [-0.25, -0.2) is 4.68 Å². The van der Waals surface area contributed by atoms with Crippen LogP contribution in [0.1, 0.15) is 23.3 Å². The first-order valence-electron chi connectivity index (χ1n) is 7.15. The third kappa shape index (κ3) is 2.98. The molecule has 0 saturated heterocycles. The largest absolute Gasteiger partial charge is 0.393 e. The van der Waals surface area contributed by atoms with Crippen molar-refractivity contribution in [3.8, 4) is 5.69 Å². The average Bonchev–Trinajstić information content (AvgIpc) is 2.94. The predicted molar refractivity (Wildman–Crippen MR) is 82.1 cm³/mol. The quantitative estimate of drug-likeness (QED) is 0.932. The molecule has 0 aliphatic heterocycles. The van der Waals surface area contributed by atoms with Crippen LogP contribution in [0.2, 0.25) is 5.02 Å². The summed E-state index contributed by atoms with van der Waals surface area (Å²) < 4.78 is 1.50. The van der Waals surface area contributed by atoms with Crippen molar-refractivity contribution in [2.75, 3.05) is 13.6 Å². The van der Waals surface area contributed by atoms with Crippen LogP contribution >= 0.6 is 11.6 Å². The Balaban J connectivity index is 1.70. The number of hydrogen-bond acceptors (Lipinski definition) is 4. The van der Waals surface area contributed by atoms with E-state index < -0.39 is 0 Å². The van der Waals surface area contributed by atoms with E-state index in [4.69, 9.17) is 11.6 Å². The van der Waals surface area contributed by atoms with Crippen molar-refractivity contribution in [2.24, 2.45) is 5.92 Å². The number of carbonyl (C=O) groups excluding carboxylic acids is 1. The molecule has 1 fully saturated rings. The van der Waals surface area contributed by atoms with Gasteiger partial charge < -0.3 is 10.0 Å². The first kappa shape index (κ1) is 15.0. The molecule has 7 heteroatoms. The fourth-order valence-electron chi connectivity index (χ4n) is 2.63. The summed E-state index contributed by atoms with van der Waals surface area (Å²) in [7, 11) is 1.74. The molecule has 1 aromatic heterocycles. The van der Waals surface area contributed by atoms with E-state index in [0.29, 0.717) is 23.2 Å². The second-order valence-electron chi connectivity index (χ2n) is 5.68. The highest BCUT2D eigenvalue weighted by Gasteiger charge is 2.29. The molecule has 1 amide bonds. The lowest BCUT2D eigenvalue weighted by atomic mass is 9.82. The Morgan fingerprint density at radius 2 is 2.18 bits per heavy atom. The zero-order chi connectivity index (χ0) is 15.7. The van der Waals surface area contributed by atoms with E-state index >= 15 is 0 Å². The van der Waals surface area contributed by atoms with Crippen molar-refractivity contribution in [3.05, 3.63) is 41.2 Å². The maximum atomic E-state index is 12.3. The second kappa shape index (κ2) is 6.06. The standard InChI is InChI=1S/C15H17ClN4O2/c1-19(8-10-6-11(21)7-10)15(22)13-9-20(18-17-13)14-5-3-2-4-12(14)16/h2-5,9-11,21H,6-8H2,1H3. The zero-order valence-corrected chi connectivity index (χ0v) is 12.9. The van der Waals surface area contributed by atoms with Gasteiger partial charge in [0.1, 0.15) is 0 Å².